The SMILES string of the molecule is CS(=O)(=O)CCC(NC(=O)CCSCC(N)=O)C(=O)O. The molecule has 8 nitrogen and oxygen atoms in total. The van der Waals surface area contributed by atoms with Gasteiger partial charge in [0.2, 0.25) is 11.8 Å². The quantitative estimate of drug-likeness (QED) is 0.419. The van der Waals surface area contributed by atoms with Crippen molar-refractivity contribution in [3.8, 4) is 0 Å². The van der Waals surface area contributed by atoms with Crippen molar-refractivity contribution in [3.63, 3.8) is 0 Å². The van der Waals surface area contributed by atoms with Crippen LogP contribution in [0.15, 0.2) is 0 Å². The number of hydrogen-bond donors (Lipinski definition) is 3. The van der Waals surface area contributed by atoms with Gasteiger partial charge in [-0.15, -0.1) is 0 Å². The van der Waals surface area contributed by atoms with Gasteiger partial charge >= 0.3 is 5.97 Å². The molecule has 4 N–H and O–H groups in total. The largest absolute Gasteiger partial charge is 0.480 e. The van der Waals surface area contributed by atoms with Gasteiger partial charge in [0.05, 0.1) is 11.5 Å². The minimum absolute atomic E-state index is 0.0284. The molecule has 2 amide bonds. The third-order valence-electron chi connectivity index (χ3n) is 2.13. The molecule has 0 rings (SSSR count). The fourth-order valence-electron chi connectivity index (χ4n) is 1.19. The first-order valence-electron chi connectivity index (χ1n) is 5.67. The Balaban J connectivity index is 4.15. The number of amides is 2. The Labute approximate surface area is 121 Å². The van der Waals surface area contributed by atoms with Gasteiger partial charge in [0.1, 0.15) is 15.9 Å². The number of aliphatic carboxylic acids is 1. The molecular formula is C10H18N2O6S2. The second-order valence-corrected chi connectivity index (χ2v) is 7.51. The van der Waals surface area contributed by atoms with Gasteiger partial charge in [-0.25, -0.2) is 13.2 Å². The topological polar surface area (TPSA) is 144 Å². The smallest absolute Gasteiger partial charge is 0.326 e. The van der Waals surface area contributed by atoms with E-state index in [1.54, 1.807) is 0 Å². The summed E-state index contributed by atoms with van der Waals surface area (Å²) in [5, 5.41) is 11.1. The number of nitrogens with two attached hydrogens (primary N) is 1. The second-order valence-electron chi connectivity index (χ2n) is 4.15. The van der Waals surface area contributed by atoms with Crippen molar-refractivity contribution >= 4 is 39.4 Å². The van der Waals surface area contributed by atoms with Gasteiger partial charge in [-0.3, -0.25) is 9.59 Å². The highest BCUT2D eigenvalue weighted by Gasteiger charge is 2.21. The monoisotopic (exact) mass is 326 g/mol. The van der Waals surface area contributed by atoms with Crippen molar-refractivity contribution in [1.82, 2.24) is 5.32 Å². The summed E-state index contributed by atoms with van der Waals surface area (Å²) in [4.78, 5) is 32.8. The molecule has 0 aromatic carbocycles. The summed E-state index contributed by atoms with van der Waals surface area (Å²) in [6.45, 7) is 0. The second kappa shape index (κ2) is 8.80. The number of carboxylic acids is 1. The summed E-state index contributed by atoms with van der Waals surface area (Å²) >= 11 is 1.16. The van der Waals surface area contributed by atoms with Crippen LogP contribution in [0.1, 0.15) is 12.8 Å². The molecule has 0 aliphatic rings. The van der Waals surface area contributed by atoms with Gasteiger partial charge in [-0.1, -0.05) is 0 Å². The van der Waals surface area contributed by atoms with E-state index in [1.807, 2.05) is 0 Å². The lowest BCUT2D eigenvalue weighted by molar-refractivity contribution is -0.141. The summed E-state index contributed by atoms with van der Waals surface area (Å²) in [7, 11) is -3.29. The summed E-state index contributed by atoms with van der Waals surface area (Å²) in [6, 6.07) is -1.24. The minimum atomic E-state index is -3.29. The highest BCUT2D eigenvalue weighted by molar-refractivity contribution is 7.99. The van der Waals surface area contributed by atoms with Crippen LogP contribution in [0.3, 0.4) is 0 Å². The first kappa shape index (κ1) is 18.7. The van der Waals surface area contributed by atoms with E-state index < -0.39 is 33.7 Å². The Hall–Kier alpha value is -1.29. The van der Waals surface area contributed by atoms with Gasteiger partial charge in [-0.05, 0) is 6.42 Å². The zero-order valence-electron chi connectivity index (χ0n) is 11.0. The standard InChI is InChI=1S/C10H18N2O6S2/c1-20(17,18)5-3-7(10(15)16)12-9(14)2-4-19-6-8(11)13/h7H,2-6H2,1H3,(H2,11,13)(H,12,14)(H,15,16). The van der Waals surface area contributed by atoms with E-state index in [-0.39, 0.29) is 24.3 Å². The Morgan fingerprint density at radius 1 is 1.35 bits per heavy atom. The summed E-state index contributed by atoms with van der Waals surface area (Å²) < 4.78 is 21.9. The average Bonchev–Trinajstić information content (AvgIpc) is 2.28. The number of primary amides is 1. The maximum absolute atomic E-state index is 11.5. The molecule has 0 radical (unpaired) electrons. The normalized spacial score (nSPS) is 12.7. The number of rotatable bonds is 10. The molecule has 0 saturated heterocycles. The predicted molar refractivity (Wildman–Crippen MR) is 75.0 cm³/mol. The van der Waals surface area contributed by atoms with E-state index in [0.29, 0.717) is 5.75 Å². The lowest BCUT2D eigenvalue weighted by atomic mass is 10.2. The van der Waals surface area contributed by atoms with Crippen molar-refractivity contribution in [2.75, 3.05) is 23.5 Å². The molecule has 20 heavy (non-hydrogen) atoms. The van der Waals surface area contributed by atoms with Gasteiger partial charge < -0.3 is 16.2 Å². The molecule has 10 heteroatoms. The molecule has 1 atom stereocenters. The van der Waals surface area contributed by atoms with Crippen LogP contribution < -0.4 is 11.1 Å². The van der Waals surface area contributed by atoms with E-state index in [1.165, 1.54) is 0 Å². The number of carboxylic acid groups (broad SMARTS) is 1. The molecular weight excluding hydrogens is 308 g/mol. The number of thioether (sulfide) groups is 1. The number of hydrogen-bond acceptors (Lipinski definition) is 6. The summed E-state index contributed by atoms with van der Waals surface area (Å²) in [5.41, 5.74) is 4.92. The van der Waals surface area contributed by atoms with Crippen LogP contribution in [0, 0.1) is 0 Å². The van der Waals surface area contributed by atoms with Gasteiger partial charge in [0, 0.05) is 18.4 Å². The van der Waals surface area contributed by atoms with Crippen molar-refractivity contribution in [2.24, 2.45) is 5.73 Å². The van der Waals surface area contributed by atoms with Crippen LogP contribution >= 0.6 is 11.8 Å². The van der Waals surface area contributed by atoms with Crippen molar-refractivity contribution in [2.45, 2.75) is 18.9 Å². The van der Waals surface area contributed by atoms with E-state index >= 15 is 0 Å². The molecule has 0 aromatic heterocycles. The van der Waals surface area contributed by atoms with Crippen LogP contribution in [0.25, 0.3) is 0 Å². The lowest BCUT2D eigenvalue weighted by Gasteiger charge is -2.13. The Morgan fingerprint density at radius 2 is 1.95 bits per heavy atom. The highest BCUT2D eigenvalue weighted by atomic mass is 32.2. The van der Waals surface area contributed by atoms with Crippen molar-refractivity contribution in [3.05, 3.63) is 0 Å². The number of sulfone groups is 1. The third-order valence-corrected chi connectivity index (χ3v) is 4.09. The Morgan fingerprint density at radius 3 is 2.40 bits per heavy atom. The third kappa shape index (κ3) is 10.6. The van der Waals surface area contributed by atoms with Crippen LogP contribution in [0.4, 0.5) is 0 Å². The fourth-order valence-corrected chi connectivity index (χ4v) is 2.53. The lowest BCUT2D eigenvalue weighted by Crippen LogP contribution is -2.42. The molecule has 0 fully saturated rings. The Kier molecular flexibility index (Phi) is 8.23. The molecule has 0 aromatic rings. The predicted octanol–water partition coefficient (Wildman–Crippen LogP) is -1.40. The molecule has 1 unspecified atom stereocenters. The highest BCUT2D eigenvalue weighted by Crippen LogP contribution is 2.03. The average molecular weight is 326 g/mol. The molecule has 116 valence electrons. The van der Waals surface area contributed by atoms with Crippen LogP contribution in [0.2, 0.25) is 0 Å². The maximum atomic E-state index is 11.5. The molecule has 0 saturated carbocycles. The number of carbonyl (C=O) groups excluding carboxylic acids is 2. The minimum Gasteiger partial charge on any atom is -0.480 e. The van der Waals surface area contributed by atoms with E-state index in [0.717, 1.165) is 18.0 Å². The first-order valence-corrected chi connectivity index (χ1v) is 8.89. The summed E-state index contributed by atoms with van der Waals surface area (Å²) in [5.74, 6) is -2.20. The summed E-state index contributed by atoms with van der Waals surface area (Å²) in [6.07, 6.45) is 0.836. The van der Waals surface area contributed by atoms with E-state index in [2.05, 4.69) is 5.32 Å². The van der Waals surface area contributed by atoms with Gasteiger partial charge in [0.15, 0.2) is 0 Å². The molecule has 0 bridgehead atoms. The van der Waals surface area contributed by atoms with Crippen molar-refractivity contribution in [1.29, 1.82) is 0 Å². The van der Waals surface area contributed by atoms with E-state index in [4.69, 9.17) is 10.8 Å². The van der Waals surface area contributed by atoms with Crippen molar-refractivity contribution < 1.29 is 27.9 Å². The number of carbonyl (C=O) groups is 3. The molecule has 0 aliphatic heterocycles. The van der Waals surface area contributed by atoms with Crippen LogP contribution in [-0.2, 0) is 24.2 Å². The molecule has 0 spiro atoms. The Bertz CT molecular complexity index is 462. The van der Waals surface area contributed by atoms with Gasteiger partial charge in [0.25, 0.3) is 0 Å². The van der Waals surface area contributed by atoms with Crippen LogP contribution in [0.5, 0.6) is 0 Å². The van der Waals surface area contributed by atoms with E-state index in [9.17, 15) is 22.8 Å². The maximum Gasteiger partial charge on any atom is 0.326 e. The zero-order valence-corrected chi connectivity index (χ0v) is 12.6. The molecule has 0 aliphatic carbocycles. The first-order chi connectivity index (χ1) is 9.11. The molecule has 0 heterocycles. The number of nitrogens with one attached hydrogen (secondary N) is 1. The zero-order chi connectivity index (χ0) is 15.8. The van der Waals surface area contributed by atoms with Crippen LogP contribution in [-0.4, -0.2) is 60.9 Å². The van der Waals surface area contributed by atoms with Gasteiger partial charge in [-0.2, -0.15) is 11.8 Å². The fraction of sp³-hybridized carbons (Fsp3) is 0.700.